The summed E-state index contributed by atoms with van der Waals surface area (Å²) in [4.78, 5) is 10.9. The fourth-order valence-corrected chi connectivity index (χ4v) is 4.91. The van der Waals surface area contributed by atoms with E-state index in [4.69, 9.17) is 0 Å². The summed E-state index contributed by atoms with van der Waals surface area (Å²) in [5.74, 6) is 0. The Morgan fingerprint density at radius 1 is 1.23 bits per heavy atom. The molecular weight excluding hydrogens is 276 g/mol. The van der Waals surface area contributed by atoms with E-state index < -0.39 is 0 Å². The van der Waals surface area contributed by atoms with Crippen LogP contribution in [0.4, 0.5) is 5.69 Å². The van der Waals surface area contributed by atoms with E-state index in [1.54, 1.807) is 12.1 Å². The Morgan fingerprint density at radius 3 is 2.55 bits per heavy atom. The van der Waals surface area contributed by atoms with Crippen molar-refractivity contribution in [2.24, 2.45) is 0 Å². The van der Waals surface area contributed by atoms with Crippen LogP contribution in [0.15, 0.2) is 18.2 Å². The molecule has 1 saturated carbocycles. The first-order chi connectivity index (χ1) is 10.3. The summed E-state index contributed by atoms with van der Waals surface area (Å²) in [6, 6.07) is 5.76. The van der Waals surface area contributed by atoms with E-state index in [1.165, 1.54) is 37.7 Å². The number of benzene rings is 1. The average molecular weight is 303 g/mol. The van der Waals surface area contributed by atoms with Gasteiger partial charge in [0.05, 0.1) is 10.5 Å². The van der Waals surface area contributed by atoms with E-state index in [1.807, 2.05) is 6.07 Å². The quantitative estimate of drug-likeness (QED) is 0.636. The van der Waals surface area contributed by atoms with Gasteiger partial charge in [-0.2, -0.15) is 0 Å². The third kappa shape index (κ3) is 2.65. The molecular formula is C18H27N2O2+. The van der Waals surface area contributed by atoms with Crippen molar-refractivity contribution < 1.29 is 10.2 Å². The number of rotatable bonds is 1. The van der Waals surface area contributed by atoms with Gasteiger partial charge in [-0.05, 0) is 30.7 Å². The lowest BCUT2D eigenvalue weighted by Gasteiger charge is -2.39. The van der Waals surface area contributed by atoms with Gasteiger partial charge in [0.15, 0.2) is 0 Å². The standard InChI is InChI=1S/C18H26N2O2/c1-13-15-11-14(20(21)22)7-8-16(15)17(2,3)12-18(19-13)9-5-4-6-10-18/h7-8,11,13,19H,4-6,9-10,12H2,1-3H3/p+1/t13-/m0/s1. The van der Waals surface area contributed by atoms with Crippen molar-refractivity contribution in [1.29, 1.82) is 0 Å². The molecule has 1 aromatic rings. The first-order valence-corrected chi connectivity index (χ1v) is 8.48. The third-order valence-electron chi connectivity index (χ3n) is 5.71. The van der Waals surface area contributed by atoms with Crippen LogP contribution in [-0.4, -0.2) is 10.5 Å². The zero-order valence-electron chi connectivity index (χ0n) is 13.9. The molecule has 1 aromatic carbocycles. The van der Waals surface area contributed by atoms with Gasteiger partial charge < -0.3 is 5.32 Å². The maximum absolute atomic E-state index is 11.1. The summed E-state index contributed by atoms with van der Waals surface area (Å²) in [6.07, 6.45) is 7.69. The fraction of sp³-hybridized carbons (Fsp3) is 0.667. The maximum atomic E-state index is 11.1. The molecule has 3 rings (SSSR count). The van der Waals surface area contributed by atoms with Gasteiger partial charge in [-0.1, -0.05) is 26.3 Å². The van der Waals surface area contributed by atoms with Gasteiger partial charge in [0.1, 0.15) is 6.04 Å². The highest BCUT2D eigenvalue weighted by atomic mass is 16.6. The van der Waals surface area contributed by atoms with Gasteiger partial charge in [-0.25, -0.2) is 0 Å². The van der Waals surface area contributed by atoms with Crippen LogP contribution in [0.25, 0.3) is 0 Å². The molecule has 0 radical (unpaired) electrons. The topological polar surface area (TPSA) is 59.8 Å². The van der Waals surface area contributed by atoms with Gasteiger partial charge >= 0.3 is 0 Å². The molecule has 2 aliphatic rings. The number of nitrogens with zero attached hydrogens (tertiary/aromatic N) is 1. The van der Waals surface area contributed by atoms with Crippen LogP contribution in [0.3, 0.4) is 0 Å². The monoisotopic (exact) mass is 303 g/mol. The smallest absolute Gasteiger partial charge is 0.269 e. The summed E-state index contributed by atoms with van der Waals surface area (Å²) in [5.41, 5.74) is 3.05. The third-order valence-corrected chi connectivity index (χ3v) is 5.71. The van der Waals surface area contributed by atoms with Crippen LogP contribution >= 0.6 is 0 Å². The molecule has 0 unspecified atom stereocenters. The normalized spacial score (nSPS) is 26.2. The minimum Gasteiger partial charge on any atom is -0.335 e. The predicted octanol–water partition coefficient (Wildman–Crippen LogP) is 3.60. The molecule has 1 fully saturated rings. The number of hydrogen-bond donors (Lipinski definition) is 1. The molecule has 1 aliphatic carbocycles. The number of fused-ring (bicyclic) bond motifs is 1. The summed E-state index contributed by atoms with van der Waals surface area (Å²) >= 11 is 0. The minimum atomic E-state index is -0.277. The van der Waals surface area contributed by atoms with Gasteiger partial charge in [0, 0.05) is 37.0 Å². The van der Waals surface area contributed by atoms with Crippen molar-refractivity contribution >= 4 is 5.69 Å². The van der Waals surface area contributed by atoms with Crippen molar-refractivity contribution in [3.05, 3.63) is 39.4 Å². The second-order valence-corrected chi connectivity index (χ2v) is 7.97. The largest absolute Gasteiger partial charge is 0.335 e. The van der Waals surface area contributed by atoms with E-state index in [0.29, 0.717) is 5.54 Å². The summed E-state index contributed by atoms with van der Waals surface area (Å²) in [6.45, 7) is 6.82. The first-order valence-electron chi connectivity index (χ1n) is 8.48. The van der Waals surface area contributed by atoms with Crippen molar-refractivity contribution in [2.75, 3.05) is 0 Å². The van der Waals surface area contributed by atoms with Crippen LogP contribution in [-0.2, 0) is 5.41 Å². The number of nitro benzene ring substituents is 1. The van der Waals surface area contributed by atoms with E-state index in [-0.39, 0.29) is 22.1 Å². The Hall–Kier alpha value is -1.42. The number of nitro groups is 1. The molecule has 1 atom stereocenters. The highest BCUT2D eigenvalue weighted by Gasteiger charge is 2.46. The van der Waals surface area contributed by atoms with Crippen LogP contribution in [0.2, 0.25) is 0 Å². The van der Waals surface area contributed by atoms with Gasteiger partial charge in [-0.15, -0.1) is 0 Å². The van der Waals surface area contributed by atoms with Gasteiger partial charge in [0.25, 0.3) is 5.69 Å². The molecule has 4 heteroatoms. The number of non-ortho nitro benzene ring substituents is 1. The summed E-state index contributed by atoms with van der Waals surface area (Å²) in [7, 11) is 0. The van der Waals surface area contributed by atoms with Crippen molar-refractivity contribution in [1.82, 2.24) is 0 Å². The molecule has 22 heavy (non-hydrogen) atoms. The highest BCUT2D eigenvalue weighted by Crippen LogP contribution is 2.43. The van der Waals surface area contributed by atoms with Crippen LogP contribution in [0, 0.1) is 10.1 Å². The minimum absolute atomic E-state index is 0.0725. The van der Waals surface area contributed by atoms with Crippen LogP contribution in [0.1, 0.15) is 76.5 Å². The van der Waals surface area contributed by atoms with E-state index in [0.717, 1.165) is 12.0 Å². The SMILES string of the molecule is C[C@@H]1[NH2+]C2(CCCCC2)CC(C)(C)c2ccc([N+](=O)[O-])cc21. The van der Waals surface area contributed by atoms with Crippen LogP contribution < -0.4 is 5.32 Å². The molecule has 1 spiro atoms. The average Bonchev–Trinajstić information content (AvgIpc) is 2.53. The second kappa shape index (κ2) is 5.34. The molecule has 0 aromatic heterocycles. The zero-order chi connectivity index (χ0) is 16.0. The molecule has 4 nitrogen and oxygen atoms in total. The Labute approximate surface area is 132 Å². The Kier molecular flexibility index (Phi) is 3.76. The van der Waals surface area contributed by atoms with Gasteiger partial charge in [0.2, 0.25) is 0 Å². The van der Waals surface area contributed by atoms with Gasteiger partial charge in [-0.3, -0.25) is 10.1 Å². The van der Waals surface area contributed by atoms with E-state index >= 15 is 0 Å². The molecule has 2 N–H and O–H groups in total. The summed E-state index contributed by atoms with van der Waals surface area (Å²) < 4.78 is 0. The fourth-order valence-electron chi connectivity index (χ4n) is 4.91. The number of nitrogens with two attached hydrogens (primary N) is 1. The molecule has 0 amide bonds. The van der Waals surface area contributed by atoms with E-state index in [9.17, 15) is 10.1 Å². The predicted molar refractivity (Wildman–Crippen MR) is 86.9 cm³/mol. The maximum Gasteiger partial charge on any atom is 0.269 e. The molecule has 0 bridgehead atoms. The van der Waals surface area contributed by atoms with Crippen molar-refractivity contribution in [3.63, 3.8) is 0 Å². The van der Waals surface area contributed by atoms with Crippen molar-refractivity contribution in [2.45, 2.75) is 76.3 Å². The summed E-state index contributed by atoms with van der Waals surface area (Å²) in [5, 5.41) is 13.6. The lowest BCUT2D eigenvalue weighted by molar-refractivity contribution is -0.764. The molecule has 1 aliphatic heterocycles. The second-order valence-electron chi connectivity index (χ2n) is 7.97. The zero-order valence-corrected chi connectivity index (χ0v) is 13.9. The lowest BCUT2D eigenvalue weighted by Crippen LogP contribution is -2.97. The Bertz CT molecular complexity index is 589. The lowest BCUT2D eigenvalue weighted by atomic mass is 9.69. The highest BCUT2D eigenvalue weighted by molar-refractivity contribution is 5.44. The Morgan fingerprint density at radius 2 is 1.91 bits per heavy atom. The molecule has 1 heterocycles. The number of quaternary nitrogens is 1. The molecule has 120 valence electrons. The number of hydrogen-bond acceptors (Lipinski definition) is 2. The first kappa shape index (κ1) is 15.5. The van der Waals surface area contributed by atoms with E-state index in [2.05, 4.69) is 26.1 Å². The molecule has 0 saturated heterocycles. The Balaban J connectivity index is 2.06. The van der Waals surface area contributed by atoms with Crippen molar-refractivity contribution in [3.8, 4) is 0 Å². The van der Waals surface area contributed by atoms with Crippen LogP contribution in [0.5, 0.6) is 0 Å².